The Morgan fingerprint density at radius 3 is 1.75 bits per heavy atom. The summed E-state index contributed by atoms with van der Waals surface area (Å²) in [5, 5.41) is 8.39. The SMILES string of the molecule is CC1C(C)C1C(=O)O. The molecule has 8 heavy (non-hydrogen) atoms. The highest BCUT2D eigenvalue weighted by Crippen LogP contribution is 2.45. The maximum atomic E-state index is 10.2. The van der Waals surface area contributed by atoms with Crippen LogP contribution in [0, 0.1) is 17.8 Å². The first-order valence-electron chi connectivity index (χ1n) is 2.87. The zero-order valence-corrected chi connectivity index (χ0v) is 5.09. The monoisotopic (exact) mass is 114 g/mol. The molecule has 0 aromatic rings. The molecule has 1 saturated carbocycles. The molecule has 2 nitrogen and oxygen atoms in total. The van der Waals surface area contributed by atoms with Gasteiger partial charge in [-0.3, -0.25) is 4.79 Å². The highest BCUT2D eigenvalue weighted by atomic mass is 16.4. The molecule has 2 heteroatoms. The van der Waals surface area contributed by atoms with Gasteiger partial charge in [0.25, 0.3) is 0 Å². The summed E-state index contributed by atoms with van der Waals surface area (Å²) in [6, 6.07) is 0. The van der Waals surface area contributed by atoms with Crippen molar-refractivity contribution >= 4 is 5.97 Å². The van der Waals surface area contributed by atoms with Crippen molar-refractivity contribution in [2.75, 3.05) is 0 Å². The number of rotatable bonds is 1. The van der Waals surface area contributed by atoms with E-state index in [4.69, 9.17) is 5.11 Å². The molecule has 0 radical (unpaired) electrons. The third kappa shape index (κ3) is 0.602. The zero-order valence-electron chi connectivity index (χ0n) is 5.09. The minimum Gasteiger partial charge on any atom is -0.481 e. The van der Waals surface area contributed by atoms with E-state index in [1.54, 1.807) is 0 Å². The van der Waals surface area contributed by atoms with Gasteiger partial charge in [0.15, 0.2) is 0 Å². The van der Waals surface area contributed by atoms with E-state index in [9.17, 15) is 4.79 Å². The average molecular weight is 114 g/mol. The van der Waals surface area contributed by atoms with Gasteiger partial charge in [0.05, 0.1) is 5.92 Å². The van der Waals surface area contributed by atoms with Gasteiger partial charge in [0.1, 0.15) is 0 Å². The van der Waals surface area contributed by atoms with Gasteiger partial charge in [0, 0.05) is 0 Å². The van der Waals surface area contributed by atoms with E-state index >= 15 is 0 Å². The van der Waals surface area contributed by atoms with Crippen molar-refractivity contribution < 1.29 is 9.90 Å². The highest BCUT2D eigenvalue weighted by Gasteiger charge is 2.48. The molecule has 0 amide bonds. The highest BCUT2D eigenvalue weighted by molar-refractivity contribution is 5.73. The molecule has 46 valence electrons. The third-order valence-corrected chi connectivity index (χ3v) is 2.11. The Morgan fingerprint density at radius 1 is 1.38 bits per heavy atom. The molecule has 1 rings (SSSR count). The Morgan fingerprint density at radius 2 is 1.75 bits per heavy atom. The van der Waals surface area contributed by atoms with Crippen molar-refractivity contribution in [1.29, 1.82) is 0 Å². The summed E-state index contributed by atoms with van der Waals surface area (Å²) >= 11 is 0. The standard InChI is InChI=1S/C6H10O2/c1-3-4(2)5(3)6(7)8/h3-5H,1-2H3,(H,7,8). The third-order valence-electron chi connectivity index (χ3n) is 2.11. The fraction of sp³-hybridized carbons (Fsp3) is 0.833. The lowest BCUT2D eigenvalue weighted by Gasteiger charge is -1.81. The van der Waals surface area contributed by atoms with Crippen molar-refractivity contribution in [3.63, 3.8) is 0 Å². The van der Waals surface area contributed by atoms with Gasteiger partial charge in [-0.1, -0.05) is 13.8 Å². The molecule has 2 unspecified atom stereocenters. The van der Waals surface area contributed by atoms with Gasteiger partial charge in [-0.05, 0) is 11.8 Å². The lowest BCUT2D eigenvalue weighted by Crippen LogP contribution is -1.98. The molecule has 1 N–H and O–H groups in total. The van der Waals surface area contributed by atoms with E-state index < -0.39 is 5.97 Å². The Labute approximate surface area is 48.5 Å². The number of carboxylic acids is 1. The molecular weight excluding hydrogens is 104 g/mol. The van der Waals surface area contributed by atoms with Crippen molar-refractivity contribution in [3.05, 3.63) is 0 Å². The van der Waals surface area contributed by atoms with Crippen LogP contribution in [-0.2, 0) is 4.79 Å². The van der Waals surface area contributed by atoms with Crippen LogP contribution in [0.5, 0.6) is 0 Å². The molecule has 1 aliphatic carbocycles. The molecule has 0 saturated heterocycles. The van der Waals surface area contributed by atoms with Gasteiger partial charge in [-0.25, -0.2) is 0 Å². The van der Waals surface area contributed by atoms with E-state index in [-0.39, 0.29) is 5.92 Å². The van der Waals surface area contributed by atoms with E-state index in [1.165, 1.54) is 0 Å². The van der Waals surface area contributed by atoms with Gasteiger partial charge in [-0.2, -0.15) is 0 Å². The molecule has 0 spiro atoms. The maximum Gasteiger partial charge on any atom is 0.307 e. The smallest absolute Gasteiger partial charge is 0.307 e. The Balaban J connectivity index is 2.44. The summed E-state index contributed by atoms with van der Waals surface area (Å²) < 4.78 is 0. The largest absolute Gasteiger partial charge is 0.481 e. The van der Waals surface area contributed by atoms with Crippen LogP contribution in [0.15, 0.2) is 0 Å². The first-order valence-corrected chi connectivity index (χ1v) is 2.87. The predicted molar refractivity (Wildman–Crippen MR) is 29.5 cm³/mol. The summed E-state index contributed by atoms with van der Waals surface area (Å²) in [5.74, 6) is 0.139. The molecule has 0 aromatic carbocycles. The average Bonchev–Trinajstić information content (AvgIpc) is 2.15. The second-order valence-electron chi connectivity index (χ2n) is 2.58. The lowest BCUT2D eigenvalue weighted by molar-refractivity contribution is -0.139. The van der Waals surface area contributed by atoms with Crippen molar-refractivity contribution in [1.82, 2.24) is 0 Å². The Bertz CT molecular complexity index is 112. The van der Waals surface area contributed by atoms with Crippen LogP contribution in [0.3, 0.4) is 0 Å². The summed E-state index contributed by atoms with van der Waals surface area (Å²) in [7, 11) is 0. The first-order chi connectivity index (χ1) is 3.64. The fourth-order valence-electron chi connectivity index (χ4n) is 1.11. The first kappa shape index (κ1) is 5.60. The van der Waals surface area contributed by atoms with Gasteiger partial charge in [-0.15, -0.1) is 0 Å². The quantitative estimate of drug-likeness (QED) is 0.551. The lowest BCUT2D eigenvalue weighted by atomic mass is 10.3. The summed E-state index contributed by atoms with van der Waals surface area (Å²) in [5.41, 5.74) is 0. The van der Waals surface area contributed by atoms with E-state index in [0.717, 1.165) is 0 Å². The predicted octanol–water partition coefficient (Wildman–Crippen LogP) is 0.973. The van der Waals surface area contributed by atoms with Gasteiger partial charge >= 0.3 is 5.97 Å². The normalized spacial score (nSPS) is 44.0. The van der Waals surface area contributed by atoms with Crippen LogP contribution in [0.25, 0.3) is 0 Å². The number of hydrogen-bond acceptors (Lipinski definition) is 1. The minimum atomic E-state index is -0.634. The van der Waals surface area contributed by atoms with Crippen molar-refractivity contribution in [2.24, 2.45) is 17.8 Å². The van der Waals surface area contributed by atoms with Crippen LogP contribution >= 0.6 is 0 Å². The molecule has 1 fully saturated rings. The molecule has 0 bridgehead atoms. The van der Waals surface area contributed by atoms with E-state index in [0.29, 0.717) is 11.8 Å². The van der Waals surface area contributed by atoms with Crippen LogP contribution in [0.1, 0.15) is 13.8 Å². The second kappa shape index (κ2) is 1.47. The van der Waals surface area contributed by atoms with E-state index in [1.807, 2.05) is 13.8 Å². The zero-order chi connectivity index (χ0) is 6.31. The van der Waals surface area contributed by atoms with Crippen LogP contribution in [-0.4, -0.2) is 11.1 Å². The maximum absolute atomic E-state index is 10.2. The molecule has 2 atom stereocenters. The molecule has 0 aromatic heterocycles. The van der Waals surface area contributed by atoms with Gasteiger partial charge < -0.3 is 5.11 Å². The number of carboxylic acid groups (broad SMARTS) is 1. The van der Waals surface area contributed by atoms with E-state index in [2.05, 4.69) is 0 Å². The van der Waals surface area contributed by atoms with Crippen molar-refractivity contribution in [2.45, 2.75) is 13.8 Å². The van der Waals surface area contributed by atoms with Gasteiger partial charge in [0.2, 0.25) is 0 Å². The number of hydrogen-bond donors (Lipinski definition) is 1. The number of carbonyl (C=O) groups is 1. The molecular formula is C6H10O2. The fourth-order valence-corrected chi connectivity index (χ4v) is 1.11. The summed E-state index contributed by atoms with van der Waals surface area (Å²) in [4.78, 5) is 10.2. The van der Waals surface area contributed by atoms with Crippen LogP contribution in [0.2, 0.25) is 0 Å². The Hall–Kier alpha value is -0.530. The van der Waals surface area contributed by atoms with Crippen molar-refractivity contribution in [3.8, 4) is 0 Å². The second-order valence-corrected chi connectivity index (χ2v) is 2.58. The molecule has 1 aliphatic rings. The summed E-state index contributed by atoms with van der Waals surface area (Å²) in [6.07, 6.45) is 0. The van der Waals surface area contributed by atoms with Crippen LogP contribution in [0.4, 0.5) is 0 Å². The molecule has 0 heterocycles. The summed E-state index contributed by atoms with van der Waals surface area (Å²) in [6.45, 7) is 3.95. The Kier molecular flexibility index (Phi) is 1.03. The van der Waals surface area contributed by atoms with Crippen LogP contribution < -0.4 is 0 Å². The molecule has 0 aliphatic heterocycles. The number of aliphatic carboxylic acids is 1. The minimum absolute atomic E-state index is 0.0463. The topological polar surface area (TPSA) is 37.3 Å².